The predicted molar refractivity (Wildman–Crippen MR) is 70.6 cm³/mol. The van der Waals surface area contributed by atoms with E-state index in [0.717, 1.165) is 0 Å². The molecule has 0 amide bonds. The summed E-state index contributed by atoms with van der Waals surface area (Å²) in [4.78, 5) is 14.7. The summed E-state index contributed by atoms with van der Waals surface area (Å²) in [6.07, 6.45) is 0. The molecule has 0 saturated carbocycles. The number of H-pyrrole nitrogens is 1. The van der Waals surface area contributed by atoms with Crippen LogP contribution in [0.2, 0.25) is 5.02 Å². The molecule has 0 unspecified atom stereocenters. The molecule has 0 radical (unpaired) electrons. The molecule has 2 aromatic carbocycles. The first-order valence-electron chi connectivity index (χ1n) is 5.36. The second-order valence-corrected chi connectivity index (χ2v) is 4.30. The Bertz CT molecular complexity index is 789. The molecule has 18 heavy (non-hydrogen) atoms. The van der Waals surface area contributed by atoms with E-state index in [2.05, 4.69) is 4.98 Å². The molecule has 90 valence electrons. The first-order valence-corrected chi connectivity index (χ1v) is 5.74. The number of benzene rings is 2. The van der Waals surface area contributed by atoms with Crippen molar-refractivity contribution in [3.05, 3.63) is 58.0 Å². The molecule has 1 aromatic heterocycles. The van der Waals surface area contributed by atoms with Gasteiger partial charge in [0.25, 0.3) is 0 Å². The zero-order valence-corrected chi connectivity index (χ0v) is 9.98. The summed E-state index contributed by atoms with van der Waals surface area (Å²) in [5, 5.41) is 10.3. The summed E-state index contributed by atoms with van der Waals surface area (Å²) in [7, 11) is 0. The van der Waals surface area contributed by atoms with Crippen molar-refractivity contribution in [2.45, 2.75) is 0 Å². The molecule has 4 nitrogen and oxygen atoms in total. The molecule has 1 heterocycles. The lowest BCUT2D eigenvalue weighted by molar-refractivity contribution is 0.479. The Morgan fingerprint density at radius 1 is 1.11 bits per heavy atom. The number of aromatic hydroxyl groups is 1. The van der Waals surface area contributed by atoms with E-state index in [9.17, 15) is 9.90 Å². The Balaban J connectivity index is 2.47. The van der Waals surface area contributed by atoms with E-state index in [4.69, 9.17) is 11.6 Å². The van der Waals surface area contributed by atoms with Crippen molar-refractivity contribution in [1.82, 2.24) is 9.55 Å². The number of imidazole rings is 1. The summed E-state index contributed by atoms with van der Waals surface area (Å²) >= 11 is 6.09. The molecule has 0 aliphatic rings. The van der Waals surface area contributed by atoms with Crippen LogP contribution in [0.25, 0.3) is 16.7 Å². The van der Waals surface area contributed by atoms with Crippen molar-refractivity contribution in [3.63, 3.8) is 0 Å². The number of phenols is 1. The van der Waals surface area contributed by atoms with Gasteiger partial charge in [0.2, 0.25) is 0 Å². The van der Waals surface area contributed by atoms with Crippen LogP contribution in [0.3, 0.4) is 0 Å². The molecule has 0 bridgehead atoms. The van der Waals surface area contributed by atoms with Crippen molar-refractivity contribution in [3.8, 4) is 11.4 Å². The third kappa shape index (κ3) is 1.50. The number of para-hydroxylation sites is 2. The van der Waals surface area contributed by atoms with E-state index < -0.39 is 0 Å². The third-order valence-corrected chi connectivity index (χ3v) is 3.10. The lowest BCUT2D eigenvalue weighted by Crippen LogP contribution is -2.14. The number of nitrogens with zero attached hydrogens (tertiary/aromatic N) is 1. The van der Waals surface area contributed by atoms with E-state index in [1.165, 1.54) is 10.6 Å². The van der Waals surface area contributed by atoms with E-state index in [1.54, 1.807) is 36.4 Å². The van der Waals surface area contributed by atoms with Gasteiger partial charge in [-0.25, -0.2) is 4.79 Å². The van der Waals surface area contributed by atoms with Gasteiger partial charge in [0.15, 0.2) is 0 Å². The minimum atomic E-state index is -0.334. The number of aromatic amines is 1. The monoisotopic (exact) mass is 260 g/mol. The van der Waals surface area contributed by atoms with Crippen LogP contribution in [0.5, 0.6) is 5.75 Å². The number of rotatable bonds is 1. The quantitative estimate of drug-likeness (QED) is 0.707. The van der Waals surface area contributed by atoms with E-state index >= 15 is 0 Å². The Hall–Kier alpha value is -2.20. The molecule has 5 heteroatoms. The number of nitrogens with one attached hydrogen (secondary N) is 1. The van der Waals surface area contributed by atoms with Crippen LogP contribution in [0.15, 0.2) is 47.3 Å². The highest BCUT2D eigenvalue weighted by molar-refractivity contribution is 6.32. The summed E-state index contributed by atoms with van der Waals surface area (Å²) in [6.45, 7) is 0. The highest BCUT2D eigenvalue weighted by Crippen LogP contribution is 2.27. The number of aromatic nitrogens is 2. The first kappa shape index (κ1) is 10.9. The fourth-order valence-corrected chi connectivity index (χ4v) is 2.22. The van der Waals surface area contributed by atoms with Gasteiger partial charge in [-0.2, -0.15) is 0 Å². The first-order chi connectivity index (χ1) is 8.68. The topological polar surface area (TPSA) is 58.0 Å². The van der Waals surface area contributed by atoms with Crippen LogP contribution < -0.4 is 5.69 Å². The molecule has 0 atom stereocenters. The van der Waals surface area contributed by atoms with Gasteiger partial charge in [0, 0.05) is 0 Å². The zero-order chi connectivity index (χ0) is 12.7. The van der Waals surface area contributed by atoms with Crippen LogP contribution in [0.4, 0.5) is 0 Å². The Morgan fingerprint density at radius 2 is 1.89 bits per heavy atom. The number of hydrogen-bond donors (Lipinski definition) is 2. The van der Waals surface area contributed by atoms with E-state index in [1.807, 2.05) is 0 Å². The highest BCUT2D eigenvalue weighted by atomic mass is 35.5. The number of halogens is 1. The lowest BCUT2D eigenvalue weighted by atomic mass is 10.2. The summed E-state index contributed by atoms with van der Waals surface area (Å²) in [5.41, 5.74) is 1.20. The smallest absolute Gasteiger partial charge is 0.331 e. The number of hydrogen-bond acceptors (Lipinski definition) is 2. The van der Waals surface area contributed by atoms with Gasteiger partial charge < -0.3 is 10.1 Å². The molecular weight excluding hydrogens is 252 g/mol. The zero-order valence-electron chi connectivity index (χ0n) is 9.22. The molecule has 2 N–H and O–H groups in total. The van der Waals surface area contributed by atoms with Crippen molar-refractivity contribution in [2.24, 2.45) is 0 Å². The van der Waals surface area contributed by atoms with Crippen molar-refractivity contribution >= 4 is 22.6 Å². The van der Waals surface area contributed by atoms with Crippen LogP contribution >= 0.6 is 11.6 Å². The maximum absolute atomic E-state index is 12.0. The van der Waals surface area contributed by atoms with Crippen LogP contribution in [-0.4, -0.2) is 14.7 Å². The maximum Gasteiger partial charge on any atom is 0.331 e. The van der Waals surface area contributed by atoms with Crippen LogP contribution in [-0.2, 0) is 0 Å². The van der Waals surface area contributed by atoms with Crippen molar-refractivity contribution in [2.75, 3.05) is 0 Å². The average molecular weight is 261 g/mol. The minimum Gasteiger partial charge on any atom is -0.506 e. The van der Waals surface area contributed by atoms with Crippen LogP contribution in [0, 0.1) is 0 Å². The Labute approximate surface area is 107 Å². The fraction of sp³-hybridized carbons (Fsp3) is 0. The largest absolute Gasteiger partial charge is 0.506 e. The van der Waals surface area contributed by atoms with Gasteiger partial charge in [-0.05, 0) is 24.3 Å². The van der Waals surface area contributed by atoms with Gasteiger partial charge in [0.05, 0.1) is 16.2 Å². The van der Waals surface area contributed by atoms with Gasteiger partial charge in [-0.15, -0.1) is 0 Å². The molecule has 0 fully saturated rings. The highest BCUT2D eigenvalue weighted by Gasteiger charge is 2.13. The SMILES string of the molecule is O=c1[nH]c2cccc(O)c2n1-c1ccccc1Cl. The van der Waals surface area contributed by atoms with Crippen LogP contribution in [0.1, 0.15) is 0 Å². The third-order valence-electron chi connectivity index (χ3n) is 2.78. The molecule has 3 aromatic rings. The maximum atomic E-state index is 12.0. The molecule has 3 rings (SSSR count). The molecule has 0 aliphatic carbocycles. The van der Waals surface area contributed by atoms with E-state index in [-0.39, 0.29) is 11.4 Å². The Morgan fingerprint density at radius 3 is 2.67 bits per heavy atom. The lowest BCUT2D eigenvalue weighted by Gasteiger charge is -2.06. The molecule has 0 saturated heterocycles. The van der Waals surface area contributed by atoms with Crippen molar-refractivity contribution < 1.29 is 5.11 Å². The summed E-state index contributed by atoms with van der Waals surface area (Å²) < 4.78 is 1.37. The van der Waals surface area contributed by atoms with Crippen molar-refractivity contribution in [1.29, 1.82) is 0 Å². The number of phenolic OH excluding ortho intramolecular Hbond substituents is 1. The Kier molecular flexibility index (Phi) is 2.38. The minimum absolute atomic E-state index is 0.0331. The molecular formula is C13H9ClN2O2. The van der Waals surface area contributed by atoms with Gasteiger partial charge >= 0.3 is 5.69 Å². The predicted octanol–water partition coefficient (Wildman–Crippen LogP) is 2.68. The van der Waals surface area contributed by atoms with Gasteiger partial charge in [-0.1, -0.05) is 29.8 Å². The fourth-order valence-electron chi connectivity index (χ4n) is 2.00. The molecule has 0 aliphatic heterocycles. The van der Waals surface area contributed by atoms with E-state index in [0.29, 0.717) is 21.7 Å². The second-order valence-electron chi connectivity index (χ2n) is 3.89. The molecule has 0 spiro atoms. The second kappa shape index (κ2) is 3.92. The standard InChI is InChI=1S/C13H9ClN2O2/c14-8-4-1-2-6-10(8)16-12-9(15-13(16)18)5-3-7-11(12)17/h1-7,17H,(H,15,18). The van der Waals surface area contributed by atoms with Gasteiger partial charge in [0.1, 0.15) is 11.3 Å². The number of fused-ring (bicyclic) bond motifs is 1. The summed E-state index contributed by atoms with van der Waals surface area (Å²) in [5.74, 6) is 0.0331. The normalized spacial score (nSPS) is 10.9. The average Bonchev–Trinajstić information content (AvgIpc) is 2.68. The summed E-state index contributed by atoms with van der Waals surface area (Å²) in [6, 6.07) is 11.9. The van der Waals surface area contributed by atoms with Gasteiger partial charge in [-0.3, -0.25) is 4.57 Å².